The molecular weight excluding hydrogens is 851 g/mol. The SMILES string of the molecule is CCOc1cc2c(Nc3ccc(OCCN(CC)CC)cc3)ccnc2nc1C.CCOc1cc2c(Nc3ccc(OCCN(CC)CC)cc3)ccnc2nc1C.Cl.Cl.Cl.O. The zero-order chi connectivity index (χ0) is 41.3. The number of anilines is 4. The van der Waals surface area contributed by atoms with E-state index in [0.29, 0.717) is 37.7 Å². The molecule has 0 fully saturated rings. The molecular formula is C46H65Cl3N8O5. The Bertz CT molecular complexity index is 2020. The third-order valence-electron chi connectivity index (χ3n) is 9.76. The van der Waals surface area contributed by atoms with E-state index in [0.717, 1.165) is 107 Å². The van der Waals surface area contributed by atoms with Crippen molar-refractivity contribution in [3.8, 4) is 23.0 Å². The monoisotopic (exact) mass is 914 g/mol. The average molecular weight is 916 g/mol. The van der Waals surface area contributed by atoms with Crippen molar-refractivity contribution in [3.63, 3.8) is 0 Å². The molecule has 0 radical (unpaired) electrons. The predicted octanol–water partition coefficient (Wildman–Crippen LogP) is 10.0. The van der Waals surface area contributed by atoms with Gasteiger partial charge in [-0.2, -0.15) is 0 Å². The molecule has 4 aromatic heterocycles. The molecule has 16 heteroatoms. The molecule has 0 bridgehead atoms. The molecule has 6 aromatic rings. The lowest BCUT2D eigenvalue weighted by Gasteiger charge is -2.18. The second-order valence-corrected chi connectivity index (χ2v) is 13.5. The van der Waals surface area contributed by atoms with E-state index in [9.17, 15) is 0 Å². The molecule has 4 N–H and O–H groups in total. The Labute approximate surface area is 385 Å². The van der Waals surface area contributed by atoms with Gasteiger partial charge in [0.2, 0.25) is 0 Å². The van der Waals surface area contributed by atoms with E-state index < -0.39 is 0 Å². The minimum Gasteiger partial charge on any atom is -0.492 e. The summed E-state index contributed by atoms with van der Waals surface area (Å²) in [6.07, 6.45) is 3.53. The van der Waals surface area contributed by atoms with Crippen LogP contribution < -0.4 is 29.6 Å². The van der Waals surface area contributed by atoms with Gasteiger partial charge in [-0.3, -0.25) is 0 Å². The van der Waals surface area contributed by atoms with E-state index in [-0.39, 0.29) is 42.7 Å². The average Bonchev–Trinajstić information content (AvgIpc) is 3.24. The van der Waals surface area contributed by atoms with E-state index in [2.05, 4.69) is 68.1 Å². The van der Waals surface area contributed by atoms with Crippen LogP contribution in [0.15, 0.2) is 85.2 Å². The zero-order valence-electron chi connectivity index (χ0n) is 37.2. The lowest BCUT2D eigenvalue weighted by molar-refractivity contribution is 0.223. The Kier molecular flexibility index (Phi) is 25.5. The van der Waals surface area contributed by atoms with Crippen LogP contribution in [0.3, 0.4) is 0 Å². The molecule has 340 valence electrons. The lowest BCUT2D eigenvalue weighted by atomic mass is 10.2. The van der Waals surface area contributed by atoms with Crippen molar-refractivity contribution in [1.29, 1.82) is 0 Å². The summed E-state index contributed by atoms with van der Waals surface area (Å²) in [6, 6.07) is 23.9. The van der Waals surface area contributed by atoms with Gasteiger partial charge in [0.05, 0.1) is 36.0 Å². The molecule has 6 rings (SSSR count). The number of nitrogens with zero attached hydrogens (tertiary/aromatic N) is 6. The lowest BCUT2D eigenvalue weighted by Crippen LogP contribution is -2.27. The van der Waals surface area contributed by atoms with Crippen molar-refractivity contribution >= 4 is 82.0 Å². The van der Waals surface area contributed by atoms with Crippen LogP contribution in [0.2, 0.25) is 0 Å². The molecule has 0 spiro atoms. The number of nitrogens with one attached hydrogen (secondary N) is 2. The van der Waals surface area contributed by atoms with Crippen molar-refractivity contribution in [3.05, 3.63) is 96.6 Å². The van der Waals surface area contributed by atoms with Crippen LogP contribution >= 0.6 is 37.2 Å². The highest BCUT2D eigenvalue weighted by molar-refractivity contribution is 5.93. The van der Waals surface area contributed by atoms with Crippen LogP contribution in [0, 0.1) is 13.8 Å². The van der Waals surface area contributed by atoms with Crippen LogP contribution in [0.4, 0.5) is 22.7 Å². The third-order valence-corrected chi connectivity index (χ3v) is 9.76. The summed E-state index contributed by atoms with van der Waals surface area (Å²) in [6.45, 7) is 25.1. The molecule has 0 aliphatic heterocycles. The van der Waals surface area contributed by atoms with Crippen LogP contribution in [0.5, 0.6) is 23.0 Å². The number of likely N-dealkylation sites (N-methyl/N-ethyl adjacent to an activating group) is 2. The maximum atomic E-state index is 5.87. The first kappa shape index (κ1) is 55.1. The number of hydrogen-bond acceptors (Lipinski definition) is 12. The maximum absolute atomic E-state index is 5.87. The number of hydrogen-bond donors (Lipinski definition) is 2. The summed E-state index contributed by atoms with van der Waals surface area (Å²) in [5.74, 6) is 3.32. The highest BCUT2D eigenvalue weighted by Gasteiger charge is 2.11. The van der Waals surface area contributed by atoms with Crippen molar-refractivity contribution in [2.45, 2.75) is 55.4 Å². The fraction of sp³-hybridized carbons (Fsp3) is 0.391. The summed E-state index contributed by atoms with van der Waals surface area (Å²) in [4.78, 5) is 22.6. The van der Waals surface area contributed by atoms with Gasteiger partial charge in [0, 0.05) is 47.6 Å². The number of aromatic nitrogens is 4. The minimum absolute atomic E-state index is 0. The Morgan fingerprint density at radius 1 is 0.500 bits per heavy atom. The molecule has 4 heterocycles. The molecule has 2 aromatic carbocycles. The van der Waals surface area contributed by atoms with Gasteiger partial charge >= 0.3 is 0 Å². The van der Waals surface area contributed by atoms with Crippen molar-refractivity contribution < 1.29 is 24.4 Å². The molecule has 0 unspecified atom stereocenters. The second-order valence-electron chi connectivity index (χ2n) is 13.5. The van der Waals surface area contributed by atoms with Gasteiger partial charge in [-0.05, 0) is 127 Å². The first-order valence-corrected chi connectivity index (χ1v) is 20.5. The molecule has 0 aliphatic carbocycles. The number of fused-ring (bicyclic) bond motifs is 2. The van der Waals surface area contributed by atoms with Crippen molar-refractivity contribution in [2.24, 2.45) is 0 Å². The molecule has 0 amide bonds. The van der Waals surface area contributed by atoms with Crippen LogP contribution in [0.25, 0.3) is 22.1 Å². The summed E-state index contributed by atoms with van der Waals surface area (Å²) in [5.41, 5.74) is 6.93. The van der Waals surface area contributed by atoms with Crippen LogP contribution in [-0.4, -0.2) is 101 Å². The summed E-state index contributed by atoms with van der Waals surface area (Å²) < 4.78 is 23.1. The quantitative estimate of drug-likeness (QED) is 0.0750. The summed E-state index contributed by atoms with van der Waals surface area (Å²) in [5, 5.41) is 8.78. The number of aryl methyl sites for hydroxylation is 2. The second kappa shape index (κ2) is 28.7. The van der Waals surface area contributed by atoms with E-state index in [1.54, 1.807) is 12.4 Å². The van der Waals surface area contributed by atoms with Gasteiger partial charge in [0.1, 0.15) is 36.2 Å². The van der Waals surface area contributed by atoms with E-state index >= 15 is 0 Å². The number of ether oxygens (including phenoxy) is 4. The van der Waals surface area contributed by atoms with Gasteiger partial charge < -0.3 is 44.9 Å². The largest absolute Gasteiger partial charge is 0.492 e. The number of benzene rings is 2. The zero-order valence-corrected chi connectivity index (χ0v) is 39.6. The Balaban J connectivity index is 0.000000582. The van der Waals surface area contributed by atoms with Crippen LogP contribution in [0.1, 0.15) is 52.9 Å². The van der Waals surface area contributed by atoms with Gasteiger partial charge in [0.15, 0.2) is 11.3 Å². The Morgan fingerprint density at radius 2 is 0.855 bits per heavy atom. The molecule has 13 nitrogen and oxygen atoms in total. The maximum Gasteiger partial charge on any atom is 0.161 e. The third kappa shape index (κ3) is 15.8. The smallest absolute Gasteiger partial charge is 0.161 e. The van der Waals surface area contributed by atoms with E-state index in [4.69, 9.17) is 18.9 Å². The number of halogens is 3. The van der Waals surface area contributed by atoms with Gasteiger partial charge in [-0.1, -0.05) is 27.7 Å². The standard InChI is InChI=1S/2C23H30N4O2.3ClH.H2O/c2*1-5-27(6-2)14-15-29-19-10-8-18(9-11-19)26-21-12-13-24-23-20(21)16-22(28-7-3)17(4)25-23;;;;/h2*8-13,16H,5-7,14-15H2,1-4H3,(H,24,25,26);3*1H;1H2. The minimum atomic E-state index is 0. The molecule has 62 heavy (non-hydrogen) atoms. The van der Waals surface area contributed by atoms with Crippen molar-refractivity contribution in [1.82, 2.24) is 29.7 Å². The molecule has 0 aliphatic rings. The Hall–Kier alpha value is -4.89. The number of pyridine rings is 4. The molecule has 0 saturated carbocycles. The highest BCUT2D eigenvalue weighted by Crippen LogP contribution is 2.31. The van der Waals surface area contributed by atoms with E-state index in [1.165, 1.54) is 0 Å². The fourth-order valence-corrected chi connectivity index (χ4v) is 6.35. The van der Waals surface area contributed by atoms with Crippen LogP contribution in [-0.2, 0) is 0 Å². The summed E-state index contributed by atoms with van der Waals surface area (Å²) in [7, 11) is 0. The first-order valence-electron chi connectivity index (χ1n) is 20.5. The van der Waals surface area contributed by atoms with Crippen molar-refractivity contribution in [2.75, 3.05) is 76.3 Å². The highest BCUT2D eigenvalue weighted by atomic mass is 35.5. The van der Waals surface area contributed by atoms with Gasteiger partial charge in [-0.15, -0.1) is 37.2 Å². The van der Waals surface area contributed by atoms with Gasteiger partial charge in [-0.25, -0.2) is 19.9 Å². The molecule has 0 saturated heterocycles. The Morgan fingerprint density at radius 3 is 1.18 bits per heavy atom. The summed E-state index contributed by atoms with van der Waals surface area (Å²) >= 11 is 0. The normalized spacial score (nSPS) is 10.4. The first-order chi connectivity index (χ1) is 28.3. The topological polar surface area (TPSA) is 151 Å². The van der Waals surface area contributed by atoms with E-state index in [1.807, 2.05) is 100 Å². The predicted molar refractivity (Wildman–Crippen MR) is 262 cm³/mol. The fourth-order valence-electron chi connectivity index (χ4n) is 6.35. The van der Waals surface area contributed by atoms with Gasteiger partial charge in [0.25, 0.3) is 0 Å². The molecule has 0 atom stereocenters. The number of rotatable bonds is 20.